The van der Waals surface area contributed by atoms with Gasteiger partial charge in [0.2, 0.25) is 0 Å². The predicted octanol–water partition coefficient (Wildman–Crippen LogP) is 18.0. The summed E-state index contributed by atoms with van der Waals surface area (Å²) in [5.74, 6) is 0. The summed E-state index contributed by atoms with van der Waals surface area (Å²) in [7, 11) is 0. The quantitative estimate of drug-likeness (QED) is 0.159. The summed E-state index contributed by atoms with van der Waals surface area (Å²) in [4.78, 5) is 0. The molecule has 0 aliphatic heterocycles. The van der Waals surface area contributed by atoms with Crippen molar-refractivity contribution in [2.24, 2.45) is 0 Å². The molecule has 0 nitrogen and oxygen atoms in total. The molecule has 318 valence electrons. The van der Waals surface area contributed by atoms with E-state index < -0.39 is 0 Å². The van der Waals surface area contributed by atoms with E-state index in [0.29, 0.717) is 0 Å². The Morgan fingerprint density at radius 1 is 0.435 bits per heavy atom. The first kappa shape index (κ1) is 47.6. The third-order valence-electron chi connectivity index (χ3n) is 11.2. The molecule has 0 fully saturated rings. The second kappa shape index (κ2) is 22.6. The van der Waals surface area contributed by atoms with Gasteiger partial charge in [0.05, 0.1) is 0 Å². The average molecular weight is 851 g/mol. The molecular weight excluding hydrogens is 785 g/mol. The van der Waals surface area contributed by atoms with E-state index in [-0.39, 0.29) is 5.41 Å². The third kappa shape index (κ3) is 12.2. The highest BCUT2D eigenvalue weighted by atomic mass is 32.2. The molecule has 0 saturated carbocycles. The van der Waals surface area contributed by atoms with Gasteiger partial charge in [0.25, 0.3) is 0 Å². The summed E-state index contributed by atoms with van der Waals surface area (Å²) in [6, 6.07) is 60.6. The minimum absolute atomic E-state index is 0.0888. The predicted molar refractivity (Wildman–Crippen MR) is 282 cm³/mol. The fourth-order valence-corrected chi connectivity index (χ4v) is 9.15. The van der Waals surface area contributed by atoms with E-state index in [1.807, 2.05) is 42.0 Å². The lowest BCUT2D eigenvalue weighted by Crippen LogP contribution is -2.15. The van der Waals surface area contributed by atoms with Gasteiger partial charge in [-0.2, -0.15) is 11.8 Å². The van der Waals surface area contributed by atoms with Crippen molar-refractivity contribution < 1.29 is 0 Å². The fourth-order valence-electron chi connectivity index (χ4n) is 8.00. The molecule has 0 amide bonds. The van der Waals surface area contributed by atoms with Crippen molar-refractivity contribution in [2.75, 3.05) is 12.5 Å². The molecule has 1 aliphatic carbocycles. The van der Waals surface area contributed by atoms with Crippen LogP contribution in [0.25, 0.3) is 42.1 Å². The van der Waals surface area contributed by atoms with Gasteiger partial charge in [-0.05, 0) is 124 Å². The summed E-state index contributed by atoms with van der Waals surface area (Å²) in [6.45, 7) is 21.8. The Labute approximate surface area is 382 Å². The summed E-state index contributed by atoms with van der Waals surface area (Å²) in [5.41, 5.74) is 16.7. The van der Waals surface area contributed by atoms with Crippen molar-refractivity contribution in [3.63, 3.8) is 0 Å². The molecule has 0 saturated heterocycles. The maximum atomic E-state index is 2.40. The lowest BCUT2D eigenvalue weighted by atomic mass is 9.81. The molecule has 2 heteroatoms. The van der Waals surface area contributed by atoms with E-state index in [1.54, 1.807) is 11.8 Å². The summed E-state index contributed by atoms with van der Waals surface area (Å²) < 4.78 is 2.81. The molecule has 0 bridgehead atoms. The van der Waals surface area contributed by atoms with Gasteiger partial charge in [0.1, 0.15) is 0 Å². The van der Waals surface area contributed by atoms with Crippen LogP contribution in [0.5, 0.6) is 0 Å². The molecule has 62 heavy (non-hydrogen) atoms. The number of thiophene rings is 1. The van der Waals surface area contributed by atoms with Crippen LogP contribution in [0.2, 0.25) is 0 Å². The van der Waals surface area contributed by atoms with Crippen LogP contribution in [-0.2, 0) is 11.8 Å². The van der Waals surface area contributed by atoms with Gasteiger partial charge >= 0.3 is 0 Å². The zero-order valence-electron chi connectivity index (χ0n) is 39.2. The molecule has 10 rings (SSSR count). The Balaban J connectivity index is 0.000000154. The zero-order chi connectivity index (χ0) is 44.8. The van der Waals surface area contributed by atoms with Crippen LogP contribution in [-0.4, -0.2) is 12.5 Å². The van der Waals surface area contributed by atoms with Crippen LogP contribution in [0.4, 0.5) is 0 Å². The first-order valence-corrected chi connectivity index (χ1v) is 24.3. The fraction of sp³-hybridized carbons (Fsp3) is 0.233. The number of aryl methyl sites for hydroxylation is 8. The van der Waals surface area contributed by atoms with E-state index in [2.05, 4.69) is 221 Å². The highest BCUT2D eigenvalue weighted by Gasteiger charge is 2.36. The Morgan fingerprint density at radius 3 is 1.45 bits per heavy atom. The van der Waals surface area contributed by atoms with Crippen LogP contribution in [0.15, 0.2) is 170 Å². The first-order valence-electron chi connectivity index (χ1n) is 21.8. The van der Waals surface area contributed by atoms with Gasteiger partial charge in [0.15, 0.2) is 0 Å². The molecule has 9 aromatic rings. The van der Waals surface area contributed by atoms with Crippen LogP contribution in [0, 0.1) is 48.5 Å². The van der Waals surface area contributed by atoms with E-state index in [4.69, 9.17) is 0 Å². The van der Waals surface area contributed by atoms with Crippen molar-refractivity contribution in [3.05, 3.63) is 225 Å². The lowest BCUT2D eigenvalue weighted by Gasteiger charge is -2.22. The minimum Gasteiger partial charge on any atom is -0.169 e. The van der Waals surface area contributed by atoms with Gasteiger partial charge < -0.3 is 0 Å². The van der Waals surface area contributed by atoms with Gasteiger partial charge in [-0.25, -0.2) is 0 Å². The van der Waals surface area contributed by atoms with Gasteiger partial charge in [-0.15, -0.1) is 11.3 Å². The number of benzene rings is 8. The van der Waals surface area contributed by atoms with E-state index in [1.165, 1.54) is 97.7 Å². The SMILES string of the molecule is CCc1cccc2sc3ccccc3c12.CSC.Cc1ccc(C)cc1.Cc1ccc2c(c1)C(C)(C)c1cc(C)c3ccccc3c1-2.Cc1cccc(C)c1.Cc1ccccc1. The molecule has 0 atom stereocenters. The second-order valence-electron chi connectivity index (χ2n) is 17.0. The first-order chi connectivity index (χ1) is 29.8. The molecule has 1 heterocycles. The lowest BCUT2D eigenvalue weighted by molar-refractivity contribution is 0.659. The van der Waals surface area contributed by atoms with Crippen LogP contribution in [0.1, 0.15) is 76.4 Å². The third-order valence-corrected chi connectivity index (χ3v) is 12.4. The van der Waals surface area contributed by atoms with Crippen molar-refractivity contribution in [3.8, 4) is 11.1 Å². The number of rotatable bonds is 1. The molecule has 1 aliphatic rings. The number of thioether (sulfide) groups is 1. The van der Waals surface area contributed by atoms with Crippen molar-refractivity contribution in [1.29, 1.82) is 0 Å². The molecule has 0 N–H and O–H groups in total. The van der Waals surface area contributed by atoms with Gasteiger partial charge in [-0.3, -0.25) is 0 Å². The van der Waals surface area contributed by atoms with Crippen LogP contribution in [0.3, 0.4) is 0 Å². The maximum Gasteiger partial charge on any atom is 0.0358 e. The Hall–Kier alpha value is -5.41. The number of hydrogen-bond donors (Lipinski definition) is 0. The summed E-state index contributed by atoms with van der Waals surface area (Å²) in [5, 5.41) is 5.64. The monoisotopic (exact) mass is 850 g/mol. The minimum atomic E-state index is 0.0888. The summed E-state index contributed by atoms with van der Waals surface area (Å²) >= 11 is 3.64. The van der Waals surface area contributed by atoms with Crippen molar-refractivity contribution in [2.45, 2.75) is 81.1 Å². The molecule has 0 radical (unpaired) electrons. The number of fused-ring (bicyclic) bond motifs is 8. The van der Waals surface area contributed by atoms with Crippen molar-refractivity contribution in [1.82, 2.24) is 0 Å². The standard InChI is InChI=1S/C21H20.C14H12S.2C8H10.C7H8.C2H6S/c1-13-9-10-17-18(11-13)21(3,4)19-12-14(2)15-7-5-6-8-16(15)20(17)19;1-2-10-6-5-9-13-14(10)11-7-3-4-8-12(11)15-13;1-7-3-5-8(2)6-4-7;1-7-4-3-5-8(2)6-7;1-7-5-3-2-4-6-7;1-3-2/h5-12H,1-4H3;3-9H,2H2,1H3;2*3-6H,1-2H3;2-6H,1H3;1-2H3. The molecule has 1 aromatic heterocycles. The maximum absolute atomic E-state index is 2.40. The van der Waals surface area contributed by atoms with Crippen LogP contribution >= 0.6 is 23.1 Å². The van der Waals surface area contributed by atoms with Gasteiger partial charge in [0, 0.05) is 25.6 Å². The highest BCUT2D eigenvalue weighted by molar-refractivity contribution is 7.97. The summed E-state index contributed by atoms with van der Waals surface area (Å²) in [6.07, 6.45) is 5.19. The van der Waals surface area contributed by atoms with E-state index >= 15 is 0 Å². The van der Waals surface area contributed by atoms with E-state index in [9.17, 15) is 0 Å². The molecule has 0 unspecified atom stereocenters. The average Bonchev–Trinajstić information content (AvgIpc) is 3.75. The zero-order valence-corrected chi connectivity index (χ0v) is 40.8. The smallest absolute Gasteiger partial charge is 0.0358 e. The normalized spacial score (nSPS) is 11.5. The van der Waals surface area contributed by atoms with Crippen LogP contribution < -0.4 is 0 Å². The molecule has 8 aromatic carbocycles. The topological polar surface area (TPSA) is 0 Å². The Bertz CT molecular complexity index is 2770. The molecular formula is C60H66S2. The largest absolute Gasteiger partial charge is 0.169 e. The Morgan fingerprint density at radius 2 is 0.903 bits per heavy atom. The number of hydrogen-bond acceptors (Lipinski definition) is 2. The molecule has 0 spiro atoms. The Kier molecular flexibility index (Phi) is 17.4. The van der Waals surface area contributed by atoms with E-state index in [0.717, 1.165) is 6.42 Å². The highest BCUT2D eigenvalue weighted by Crippen LogP contribution is 2.52. The second-order valence-corrected chi connectivity index (χ2v) is 18.9. The van der Waals surface area contributed by atoms with Crippen molar-refractivity contribution >= 4 is 54.0 Å². The van der Waals surface area contributed by atoms with Gasteiger partial charge in [-0.1, -0.05) is 212 Å².